The molecule has 6 nitrogen and oxygen atoms in total. The molecule has 0 spiro atoms. The summed E-state index contributed by atoms with van der Waals surface area (Å²) in [7, 11) is 1.79. The quantitative estimate of drug-likeness (QED) is 0.590. The Kier molecular flexibility index (Phi) is 7.06. The molecular weight excluding hydrogens is 358 g/mol. The van der Waals surface area contributed by atoms with E-state index in [-0.39, 0.29) is 6.10 Å². The molecule has 146 valence electrons. The number of thiophene rings is 1. The number of anilines is 1. The van der Waals surface area contributed by atoms with Crippen molar-refractivity contribution in [2.24, 2.45) is 4.99 Å². The molecule has 1 unspecified atom stereocenters. The molecule has 0 aromatic carbocycles. The van der Waals surface area contributed by atoms with Gasteiger partial charge in [0.15, 0.2) is 5.96 Å². The van der Waals surface area contributed by atoms with Gasteiger partial charge in [0.2, 0.25) is 0 Å². The van der Waals surface area contributed by atoms with Crippen LogP contribution in [0.2, 0.25) is 0 Å². The number of morpholine rings is 1. The van der Waals surface area contributed by atoms with Crippen molar-refractivity contribution in [2.75, 3.05) is 31.6 Å². The van der Waals surface area contributed by atoms with Gasteiger partial charge in [0.1, 0.15) is 5.82 Å². The fourth-order valence-electron chi connectivity index (χ4n) is 3.02. The second-order valence-electron chi connectivity index (χ2n) is 6.65. The minimum absolute atomic E-state index is 0.257. The highest BCUT2D eigenvalue weighted by molar-refractivity contribution is 7.11. The van der Waals surface area contributed by atoms with Gasteiger partial charge in [0, 0.05) is 42.6 Å². The molecule has 0 saturated carbocycles. The third-order valence-electron chi connectivity index (χ3n) is 4.55. The molecule has 0 radical (unpaired) electrons. The van der Waals surface area contributed by atoms with Gasteiger partial charge < -0.3 is 20.3 Å². The van der Waals surface area contributed by atoms with E-state index in [1.54, 1.807) is 7.05 Å². The van der Waals surface area contributed by atoms with Crippen molar-refractivity contribution in [2.45, 2.75) is 39.5 Å². The monoisotopic (exact) mass is 387 g/mol. The number of nitrogens with zero attached hydrogens (tertiary/aromatic N) is 3. The van der Waals surface area contributed by atoms with E-state index in [9.17, 15) is 0 Å². The van der Waals surface area contributed by atoms with Crippen LogP contribution in [0.25, 0.3) is 0 Å². The fourth-order valence-corrected chi connectivity index (χ4v) is 3.92. The number of hydrogen-bond donors (Lipinski definition) is 2. The van der Waals surface area contributed by atoms with Crippen LogP contribution in [0.4, 0.5) is 5.82 Å². The van der Waals surface area contributed by atoms with Crippen LogP contribution in [0.3, 0.4) is 0 Å². The average Bonchev–Trinajstić information content (AvgIpc) is 3.17. The molecule has 1 aliphatic rings. The molecule has 3 heterocycles. The zero-order chi connectivity index (χ0) is 19.1. The molecule has 1 aliphatic heterocycles. The first-order valence-corrected chi connectivity index (χ1v) is 10.3. The molecule has 3 rings (SSSR count). The summed E-state index contributed by atoms with van der Waals surface area (Å²) in [5, 5.41) is 6.72. The molecule has 1 saturated heterocycles. The van der Waals surface area contributed by atoms with Crippen LogP contribution < -0.4 is 15.5 Å². The molecule has 2 aromatic rings. The third-order valence-corrected chi connectivity index (χ3v) is 5.78. The van der Waals surface area contributed by atoms with Gasteiger partial charge in [0.25, 0.3) is 0 Å². The fraction of sp³-hybridized carbons (Fsp3) is 0.500. The van der Waals surface area contributed by atoms with Crippen LogP contribution in [0.1, 0.15) is 29.2 Å². The highest BCUT2D eigenvalue weighted by Gasteiger charge is 2.17. The second-order valence-corrected chi connectivity index (χ2v) is 7.91. The Hall–Kier alpha value is -2.12. The predicted octanol–water partition coefficient (Wildman–Crippen LogP) is 2.80. The summed E-state index contributed by atoms with van der Waals surface area (Å²) in [6, 6.07) is 8.58. The summed E-state index contributed by atoms with van der Waals surface area (Å²) in [6.07, 6.45) is 3.28. The van der Waals surface area contributed by atoms with Gasteiger partial charge in [-0.3, -0.25) is 4.99 Å². The molecule has 0 amide bonds. The molecule has 0 bridgehead atoms. The van der Waals surface area contributed by atoms with Crippen molar-refractivity contribution in [3.8, 4) is 0 Å². The van der Waals surface area contributed by atoms with Crippen LogP contribution in [0.5, 0.6) is 0 Å². The summed E-state index contributed by atoms with van der Waals surface area (Å²) < 4.78 is 5.59. The maximum absolute atomic E-state index is 5.59. The van der Waals surface area contributed by atoms with Gasteiger partial charge >= 0.3 is 0 Å². The number of hydrogen-bond acceptors (Lipinski definition) is 5. The minimum atomic E-state index is 0.257. The van der Waals surface area contributed by atoms with E-state index < -0.39 is 0 Å². The van der Waals surface area contributed by atoms with E-state index in [1.165, 1.54) is 9.75 Å². The highest BCUT2D eigenvalue weighted by atomic mass is 32.1. The first-order valence-electron chi connectivity index (χ1n) is 9.51. The SMILES string of the molecule is CCc1ccc(CNC(=NC)NCc2ccc(N3CCOC(C)C3)nc2)s1. The average molecular weight is 388 g/mol. The van der Waals surface area contributed by atoms with Gasteiger partial charge in [0.05, 0.1) is 19.3 Å². The number of rotatable bonds is 6. The van der Waals surface area contributed by atoms with Gasteiger partial charge in [-0.05, 0) is 37.1 Å². The van der Waals surface area contributed by atoms with Crippen molar-refractivity contribution in [3.05, 3.63) is 45.8 Å². The number of aryl methyl sites for hydroxylation is 1. The lowest BCUT2D eigenvalue weighted by Crippen LogP contribution is -2.41. The smallest absolute Gasteiger partial charge is 0.191 e. The largest absolute Gasteiger partial charge is 0.375 e. The van der Waals surface area contributed by atoms with Crippen LogP contribution in [0, 0.1) is 0 Å². The van der Waals surface area contributed by atoms with E-state index in [1.807, 2.05) is 17.5 Å². The first-order chi connectivity index (χ1) is 13.2. The van der Waals surface area contributed by atoms with E-state index >= 15 is 0 Å². The van der Waals surface area contributed by atoms with E-state index in [4.69, 9.17) is 4.74 Å². The lowest BCUT2D eigenvalue weighted by atomic mass is 10.2. The molecule has 27 heavy (non-hydrogen) atoms. The normalized spacial score (nSPS) is 17.8. The van der Waals surface area contributed by atoms with Crippen molar-refractivity contribution in [3.63, 3.8) is 0 Å². The molecule has 1 fully saturated rings. The summed E-state index contributed by atoms with van der Waals surface area (Å²) in [5.74, 6) is 1.81. The van der Waals surface area contributed by atoms with Crippen molar-refractivity contribution in [1.82, 2.24) is 15.6 Å². The third kappa shape index (κ3) is 5.68. The van der Waals surface area contributed by atoms with Gasteiger partial charge in [-0.25, -0.2) is 4.98 Å². The number of aromatic nitrogens is 1. The van der Waals surface area contributed by atoms with Gasteiger partial charge in [-0.2, -0.15) is 0 Å². The van der Waals surface area contributed by atoms with Crippen molar-refractivity contribution >= 4 is 23.1 Å². The number of aliphatic imine (C=N–C) groups is 1. The molecule has 1 atom stereocenters. The lowest BCUT2D eigenvalue weighted by Gasteiger charge is -2.32. The van der Waals surface area contributed by atoms with E-state index in [0.717, 1.165) is 50.0 Å². The van der Waals surface area contributed by atoms with Crippen molar-refractivity contribution in [1.29, 1.82) is 0 Å². The Bertz CT molecular complexity index is 743. The maximum Gasteiger partial charge on any atom is 0.191 e. The number of guanidine groups is 1. The number of ether oxygens (including phenoxy) is 1. The second kappa shape index (κ2) is 9.71. The van der Waals surface area contributed by atoms with Crippen LogP contribution in [0.15, 0.2) is 35.5 Å². The van der Waals surface area contributed by atoms with E-state index in [0.29, 0.717) is 6.54 Å². The minimum Gasteiger partial charge on any atom is -0.375 e. The maximum atomic E-state index is 5.59. The number of pyridine rings is 1. The van der Waals surface area contributed by atoms with Gasteiger partial charge in [-0.15, -0.1) is 11.3 Å². The molecule has 7 heteroatoms. The van der Waals surface area contributed by atoms with Crippen LogP contribution in [-0.2, 0) is 24.2 Å². The van der Waals surface area contributed by atoms with Crippen LogP contribution >= 0.6 is 11.3 Å². The van der Waals surface area contributed by atoms with E-state index in [2.05, 4.69) is 63.6 Å². The topological polar surface area (TPSA) is 61.8 Å². The summed E-state index contributed by atoms with van der Waals surface area (Å²) in [4.78, 5) is 13.9. The Morgan fingerprint density at radius 2 is 2.07 bits per heavy atom. The zero-order valence-corrected chi connectivity index (χ0v) is 17.2. The van der Waals surface area contributed by atoms with Crippen LogP contribution in [-0.4, -0.2) is 43.8 Å². The molecule has 2 aromatic heterocycles. The molecule has 0 aliphatic carbocycles. The van der Waals surface area contributed by atoms with Gasteiger partial charge in [-0.1, -0.05) is 13.0 Å². The molecule has 2 N–H and O–H groups in total. The molecular formula is C20H29N5OS. The standard InChI is InChI=1S/C20H29N5OS/c1-4-17-6-7-18(27-17)13-24-20(21-3)23-12-16-5-8-19(22-11-16)25-9-10-26-15(2)14-25/h5-8,11,15H,4,9-10,12-14H2,1-3H3,(H2,21,23,24). The highest BCUT2D eigenvalue weighted by Crippen LogP contribution is 2.17. The Morgan fingerprint density at radius 3 is 2.74 bits per heavy atom. The lowest BCUT2D eigenvalue weighted by molar-refractivity contribution is 0.0529. The Balaban J connectivity index is 1.47. The Labute approximate surface area is 165 Å². The Morgan fingerprint density at radius 1 is 1.26 bits per heavy atom. The predicted molar refractivity (Wildman–Crippen MR) is 113 cm³/mol. The summed E-state index contributed by atoms with van der Waals surface area (Å²) in [5.41, 5.74) is 1.13. The first kappa shape index (κ1) is 19.6. The zero-order valence-electron chi connectivity index (χ0n) is 16.4. The summed E-state index contributed by atoms with van der Waals surface area (Å²) >= 11 is 1.85. The van der Waals surface area contributed by atoms with Crippen molar-refractivity contribution < 1.29 is 4.74 Å². The number of nitrogens with one attached hydrogen (secondary N) is 2. The summed E-state index contributed by atoms with van der Waals surface area (Å²) in [6.45, 7) is 8.31.